The van der Waals surface area contributed by atoms with E-state index in [-0.39, 0.29) is 36.2 Å². The molecule has 266 valence electrons. The van der Waals surface area contributed by atoms with Crippen LogP contribution < -0.4 is 21.3 Å². The third-order valence-corrected chi connectivity index (χ3v) is 8.60. The number of amides is 4. The van der Waals surface area contributed by atoms with Crippen molar-refractivity contribution in [3.63, 3.8) is 0 Å². The molecule has 1 aliphatic heterocycles. The van der Waals surface area contributed by atoms with Gasteiger partial charge in [-0.3, -0.25) is 24.1 Å². The number of likely N-dealkylation sites (tertiary alicyclic amines) is 1. The predicted molar refractivity (Wildman–Crippen MR) is 187 cm³/mol. The van der Waals surface area contributed by atoms with Crippen molar-refractivity contribution in [2.24, 2.45) is 5.92 Å². The van der Waals surface area contributed by atoms with Gasteiger partial charge in [-0.05, 0) is 58.5 Å². The van der Waals surface area contributed by atoms with Crippen molar-refractivity contribution in [3.8, 4) is 12.8 Å². The first-order chi connectivity index (χ1) is 22.7. The van der Waals surface area contributed by atoms with Crippen molar-refractivity contribution >= 4 is 30.1 Å². The number of hydrogen-bond acceptors (Lipinski definition) is 6. The van der Waals surface area contributed by atoms with Crippen molar-refractivity contribution in [2.75, 3.05) is 27.2 Å². The standard InChI is InChI=1S/C23H37N5O6.C6H12.C5H10.C2H2/c1-24-19(30)14-25-20(31)17(27-21(32)18-11-8-12-28(18)2)10-7-5-3-4-6-9-16-13-23(16,22(33)34)26-15-29;1-2-4-6-5-3-1;1-3-5-4-2;1-2/h6,9,15-18H,3-5,7-8,10-14H2,1-2H3,(H,24,30)(H,25,31)(H,26,29)(H,27,32)(H,33,34);1-6H2;3H,1,4-5H2,2H3;1-2H/b9-6-;;;/t16?,17-,18+,23?;;;/m0.../s1. The minimum Gasteiger partial charge on any atom is -0.479 e. The zero-order valence-electron chi connectivity index (χ0n) is 29.1. The lowest BCUT2D eigenvalue weighted by atomic mass is 10.0. The number of carbonyl (C=O) groups is 5. The molecule has 11 heteroatoms. The highest BCUT2D eigenvalue weighted by Crippen LogP contribution is 2.44. The summed E-state index contributed by atoms with van der Waals surface area (Å²) in [5.41, 5.74) is -1.17. The lowest BCUT2D eigenvalue weighted by Gasteiger charge is -2.23. The topological polar surface area (TPSA) is 157 Å². The fourth-order valence-corrected chi connectivity index (χ4v) is 5.57. The van der Waals surface area contributed by atoms with Gasteiger partial charge < -0.3 is 26.4 Å². The Labute approximate surface area is 283 Å². The van der Waals surface area contributed by atoms with Gasteiger partial charge in [-0.15, -0.1) is 19.4 Å². The number of likely N-dealkylation sites (N-methyl/N-ethyl adjacent to an activating group) is 2. The van der Waals surface area contributed by atoms with Crippen molar-refractivity contribution in [3.05, 3.63) is 24.8 Å². The molecule has 2 aliphatic carbocycles. The Balaban J connectivity index is 0.00000136. The molecular weight excluding hydrogens is 598 g/mol. The first kappa shape index (κ1) is 43.4. The first-order valence-electron chi connectivity index (χ1n) is 17.2. The van der Waals surface area contributed by atoms with E-state index in [0.717, 1.165) is 45.1 Å². The fourth-order valence-electron chi connectivity index (χ4n) is 5.57. The van der Waals surface area contributed by atoms with Gasteiger partial charge in [0.2, 0.25) is 24.1 Å². The molecule has 2 unspecified atom stereocenters. The molecule has 4 amide bonds. The van der Waals surface area contributed by atoms with E-state index in [1.165, 1.54) is 52.0 Å². The van der Waals surface area contributed by atoms with Crippen molar-refractivity contribution in [2.45, 2.75) is 127 Å². The minimum absolute atomic E-state index is 0.145. The maximum atomic E-state index is 12.7. The number of hydrogen-bond donors (Lipinski definition) is 5. The predicted octanol–water partition coefficient (Wildman–Crippen LogP) is 4.09. The Morgan fingerprint density at radius 1 is 1.02 bits per heavy atom. The van der Waals surface area contributed by atoms with Crippen LogP contribution in [0.3, 0.4) is 0 Å². The highest BCUT2D eigenvalue weighted by Gasteiger charge is 2.59. The Morgan fingerprint density at radius 2 is 1.66 bits per heavy atom. The van der Waals surface area contributed by atoms with Crippen LogP contribution in [0.25, 0.3) is 0 Å². The summed E-state index contributed by atoms with van der Waals surface area (Å²) in [4.78, 5) is 60.7. The van der Waals surface area contributed by atoms with Gasteiger partial charge in [-0.25, -0.2) is 4.79 Å². The molecule has 0 aromatic rings. The van der Waals surface area contributed by atoms with Crippen molar-refractivity contribution < 1.29 is 29.1 Å². The van der Waals surface area contributed by atoms with Gasteiger partial charge in [-0.2, -0.15) is 0 Å². The summed E-state index contributed by atoms with van der Waals surface area (Å²) < 4.78 is 0. The molecule has 1 saturated heterocycles. The zero-order chi connectivity index (χ0) is 35.5. The summed E-state index contributed by atoms with van der Waals surface area (Å²) in [6.07, 6.45) is 31.2. The van der Waals surface area contributed by atoms with Crippen LogP contribution in [0.2, 0.25) is 0 Å². The quantitative estimate of drug-likeness (QED) is 0.0682. The van der Waals surface area contributed by atoms with E-state index < -0.39 is 17.6 Å². The van der Waals surface area contributed by atoms with E-state index in [1.54, 1.807) is 0 Å². The van der Waals surface area contributed by atoms with E-state index in [9.17, 15) is 29.1 Å². The van der Waals surface area contributed by atoms with Crippen molar-refractivity contribution in [1.82, 2.24) is 26.2 Å². The average molecular weight is 660 g/mol. The van der Waals surface area contributed by atoms with Gasteiger partial charge in [-0.1, -0.05) is 82.9 Å². The molecule has 47 heavy (non-hydrogen) atoms. The third-order valence-electron chi connectivity index (χ3n) is 8.60. The highest BCUT2D eigenvalue weighted by molar-refractivity contribution is 5.92. The Kier molecular flexibility index (Phi) is 24.4. The molecule has 2 saturated carbocycles. The molecule has 0 spiro atoms. The van der Waals surface area contributed by atoms with Crippen LogP contribution in [0.15, 0.2) is 24.8 Å². The molecule has 0 aromatic heterocycles. The summed E-state index contributed by atoms with van der Waals surface area (Å²) in [6.45, 7) is 6.39. The molecule has 3 fully saturated rings. The van der Waals surface area contributed by atoms with Crippen LogP contribution in [0.1, 0.15) is 110 Å². The van der Waals surface area contributed by atoms with Gasteiger partial charge >= 0.3 is 5.97 Å². The van der Waals surface area contributed by atoms with E-state index in [1.807, 2.05) is 30.2 Å². The molecule has 1 heterocycles. The second kappa shape index (κ2) is 26.4. The molecular formula is C36H61N5O6. The van der Waals surface area contributed by atoms with Crippen LogP contribution in [-0.2, 0) is 24.0 Å². The number of allylic oxidation sites excluding steroid dienone is 2. The minimum atomic E-state index is -1.17. The highest BCUT2D eigenvalue weighted by atomic mass is 16.4. The van der Waals surface area contributed by atoms with Gasteiger partial charge in [0, 0.05) is 13.0 Å². The number of carbonyl (C=O) groups excluding carboxylic acids is 4. The van der Waals surface area contributed by atoms with E-state index in [4.69, 9.17) is 0 Å². The molecule has 5 N–H and O–H groups in total. The number of nitrogens with zero attached hydrogens (tertiary/aromatic N) is 1. The molecule has 4 atom stereocenters. The Bertz CT molecular complexity index is 984. The number of rotatable bonds is 17. The number of carboxylic acids is 1. The summed E-state index contributed by atoms with van der Waals surface area (Å²) in [5.74, 6) is -2.09. The Hall–Kier alpha value is -3.65. The number of aliphatic carboxylic acids is 1. The van der Waals surface area contributed by atoms with E-state index >= 15 is 0 Å². The van der Waals surface area contributed by atoms with Crippen LogP contribution in [0.4, 0.5) is 0 Å². The Morgan fingerprint density at radius 3 is 2.13 bits per heavy atom. The van der Waals surface area contributed by atoms with Gasteiger partial charge in [0.15, 0.2) is 0 Å². The maximum absolute atomic E-state index is 12.7. The molecule has 0 aromatic carbocycles. The third kappa shape index (κ3) is 17.7. The van der Waals surface area contributed by atoms with E-state index in [2.05, 4.69) is 47.6 Å². The molecule has 0 bridgehead atoms. The SMILES string of the molecule is C#C.C1CCCCC1.C=CCCC.CNC(=O)CNC(=O)[C@H](CCCCC/C=C\C1CC1(NC=O)C(=O)O)NC(=O)[C@H]1CCCN1C. The molecule has 3 aliphatic rings. The first-order valence-corrected chi connectivity index (χ1v) is 17.2. The summed E-state index contributed by atoms with van der Waals surface area (Å²) in [7, 11) is 3.38. The summed E-state index contributed by atoms with van der Waals surface area (Å²) >= 11 is 0. The summed E-state index contributed by atoms with van der Waals surface area (Å²) in [6, 6.07) is -0.952. The lowest BCUT2D eigenvalue weighted by molar-refractivity contribution is -0.142. The van der Waals surface area contributed by atoms with Gasteiger partial charge in [0.25, 0.3) is 0 Å². The number of carboxylic acid groups (broad SMARTS) is 1. The largest absolute Gasteiger partial charge is 0.479 e. The van der Waals surface area contributed by atoms with Crippen molar-refractivity contribution in [1.29, 1.82) is 0 Å². The van der Waals surface area contributed by atoms with E-state index in [0.29, 0.717) is 25.7 Å². The number of unbranched alkanes of at least 4 members (excludes halogenated alkanes) is 4. The van der Waals surface area contributed by atoms with Crippen LogP contribution >= 0.6 is 0 Å². The smallest absolute Gasteiger partial charge is 0.330 e. The van der Waals surface area contributed by atoms with Gasteiger partial charge in [0.1, 0.15) is 11.6 Å². The van der Waals surface area contributed by atoms with Crippen LogP contribution in [0, 0.1) is 18.8 Å². The average Bonchev–Trinajstić information content (AvgIpc) is 3.63. The second-order valence-electron chi connectivity index (χ2n) is 12.2. The normalized spacial score (nSPS) is 21.9. The van der Waals surface area contributed by atoms with Gasteiger partial charge in [0.05, 0.1) is 12.6 Å². The lowest BCUT2D eigenvalue weighted by Crippen LogP contribution is -2.52. The van der Waals surface area contributed by atoms with Crippen LogP contribution in [-0.4, -0.2) is 84.9 Å². The number of nitrogens with one attached hydrogen (secondary N) is 4. The fraction of sp³-hybridized carbons (Fsp3) is 0.694. The van der Waals surface area contributed by atoms with Crippen LogP contribution in [0.5, 0.6) is 0 Å². The second-order valence-corrected chi connectivity index (χ2v) is 12.2. The molecule has 3 rings (SSSR count). The maximum Gasteiger partial charge on any atom is 0.330 e. The molecule has 0 radical (unpaired) electrons. The monoisotopic (exact) mass is 659 g/mol. The molecule has 11 nitrogen and oxygen atoms in total. The number of terminal acetylenes is 1. The summed E-state index contributed by atoms with van der Waals surface area (Å²) in [5, 5.41) is 19.5. The zero-order valence-corrected chi connectivity index (χ0v) is 29.1.